The second-order valence-electron chi connectivity index (χ2n) is 4.41. The van der Waals surface area contributed by atoms with E-state index >= 15 is 0 Å². The normalized spacial score (nSPS) is 13.5. The quantitative estimate of drug-likeness (QED) is 0.917. The summed E-state index contributed by atoms with van der Waals surface area (Å²) in [6.45, 7) is 2.41. The van der Waals surface area contributed by atoms with E-state index in [1.165, 1.54) is 0 Å². The van der Waals surface area contributed by atoms with E-state index in [0.29, 0.717) is 6.61 Å². The van der Waals surface area contributed by atoms with Gasteiger partial charge >= 0.3 is 0 Å². The first-order valence-electron chi connectivity index (χ1n) is 6.52. The lowest BCUT2D eigenvalue weighted by molar-refractivity contribution is 0.305. The van der Waals surface area contributed by atoms with Gasteiger partial charge in [-0.05, 0) is 23.8 Å². The first-order valence-corrected chi connectivity index (χ1v) is 6.52. The monoisotopic (exact) mass is 263 g/mol. The van der Waals surface area contributed by atoms with Gasteiger partial charge in [0.05, 0.1) is 18.6 Å². The van der Waals surface area contributed by atoms with Gasteiger partial charge in [-0.15, -0.1) is 0 Å². The van der Waals surface area contributed by atoms with Gasteiger partial charge in [-0.25, -0.2) is 4.99 Å². The maximum atomic E-state index is 5.93. The number of benzene rings is 2. The molecule has 1 radical (unpaired) electrons. The van der Waals surface area contributed by atoms with Crippen LogP contribution < -0.4 is 10.1 Å². The number of hydrogen-bond acceptors (Lipinski definition) is 3. The van der Waals surface area contributed by atoms with Crippen molar-refractivity contribution in [3.05, 3.63) is 78.3 Å². The molecule has 0 bridgehead atoms. The van der Waals surface area contributed by atoms with Crippen molar-refractivity contribution in [1.29, 1.82) is 0 Å². The topological polar surface area (TPSA) is 33.6 Å². The van der Waals surface area contributed by atoms with Crippen LogP contribution in [-0.4, -0.2) is 6.34 Å². The lowest BCUT2D eigenvalue weighted by atomic mass is 10.1. The number of para-hydroxylation sites is 1. The minimum absolute atomic E-state index is 0.552. The smallest absolute Gasteiger partial charge is 0.129 e. The molecule has 0 fully saturated rings. The molecule has 0 aliphatic carbocycles. The molecule has 3 rings (SSSR count). The third-order valence-corrected chi connectivity index (χ3v) is 3.02. The molecule has 20 heavy (non-hydrogen) atoms. The molecule has 2 aromatic rings. The Labute approximate surface area is 118 Å². The summed E-state index contributed by atoms with van der Waals surface area (Å²) in [6, 6.07) is 18.1. The fraction of sp³-hybridized carbons (Fsp3) is 0.0588. The zero-order chi connectivity index (χ0) is 13.6. The second-order valence-corrected chi connectivity index (χ2v) is 4.41. The van der Waals surface area contributed by atoms with E-state index in [9.17, 15) is 0 Å². The lowest BCUT2D eigenvalue weighted by Gasteiger charge is -2.13. The highest BCUT2D eigenvalue weighted by atomic mass is 16.5. The maximum absolute atomic E-state index is 5.93. The van der Waals surface area contributed by atoms with Gasteiger partial charge in [0.1, 0.15) is 12.4 Å². The van der Waals surface area contributed by atoms with Crippen LogP contribution in [0.2, 0.25) is 0 Å². The van der Waals surface area contributed by atoms with Crippen LogP contribution in [0.1, 0.15) is 11.1 Å². The summed E-state index contributed by atoms with van der Waals surface area (Å²) in [5.74, 6) is 0.843. The van der Waals surface area contributed by atoms with Crippen molar-refractivity contribution in [3.8, 4) is 5.75 Å². The molecular weight excluding hydrogens is 248 g/mol. The van der Waals surface area contributed by atoms with Crippen LogP contribution in [0.5, 0.6) is 5.75 Å². The Bertz CT molecular complexity index is 632. The predicted molar refractivity (Wildman–Crippen MR) is 81.1 cm³/mol. The van der Waals surface area contributed by atoms with E-state index in [0.717, 1.165) is 22.6 Å². The Morgan fingerprint density at radius 1 is 0.950 bits per heavy atom. The van der Waals surface area contributed by atoms with Gasteiger partial charge in [-0.2, -0.15) is 0 Å². The number of hydrogen-bond donors (Lipinski definition) is 1. The summed E-state index contributed by atoms with van der Waals surface area (Å²) >= 11 is 0. The van der Waals surface area contributed by atoms with E-state index in [4.69, 9.17) is 4.74 Å². The van der Waals surface area contributed by atoms with Crippen LogP contribution in [0.15, 0.2) is 65.7 Å². The average Bonchev–Trinajstić information content (AvgIpc) is 2.55. The highest BCUT2D eigenvalue weighted by molar-refractivity contribution is 5.79. The highest BCUT2D eigenvalue weighted by Crippen LogP contribution is 2.28. The Kier molecular flexibility index (Phi) is 3.78. The molecule has 0 atom stereocenters. The van der Waals surface area contributed by atoms with Crippen molar-refractivity contribution in [3.63, 3.8) is 0 Å². The molecule has 0 saturated carbocycles. The summed E-state index contributed by atoms with van der Waals surface area (Å²) in [7, 11) is 0. The van der Waals surface area contributed by atoms with Gasteiger partial charge in [0.2, 0.25) is 0 Å². The molecular formula is C17H15N2O. The molecule has 0 aromatic heterocycles. The Morgan fingerprint density at radius 3 is 2.55 bits per heavy atom. The van der Waals surface area contributed by atoms with Crippen molar-refractivity contribution < 1.29 is 4.74 Å². The van der Waals surface area contributed by atoms with Crippen molar-refractivity contribution in [1.82, 2.24) is 5.32 Å². The summed E-state index contributed by atoms with van der Waals surface area (Å²) in [5, 5.41) is 2.93. The van der Waals surface area contributed by atoms with E-state index in [1.54, 1.807) is 6.34 Å². The fourth-order valence-corrected chi connectivity index (χ4v) is 2.02. The summed E-state index contributed by atoms with van der Waals surface area (Å²) in [4.78, 5) is 4.33. The minimum Gasteiger partial charge on any atom is -0.488 e. The molecule has 1 N–H and O–H groups in total. The molecule has 3 heteroatoms. The zero-order valence-corrected chi connectivity index (χ0v) is 11.0. The van der Waals surface area contributed by atoms with Crippen molar-refractivity contribution in [2.75, 3.05) is 0 Å². The number of nitrogens with one attached hydrogen (secondary N) is 1. The predicted octanol–water partition coefficient (Wildman–Crippen LogP) is 3.40. The van der Waals surface area contributed by atoms with Crippen LogP contribution in [0.25, 0.3) is 5.70 Å². The van der Waals surface area contributed by atoms with Crippen LogP contribution in [0.4, 0.5) is 0 Å². The van der Waals surface area contributed by atoms with Crippen molar-refractivity contribution >= 4 is 12.0 Å². The molecule has 3 nitrogen and oxygen atoms in total. The Hall–Kier alpha value is -2.55. The number of rotatable bonds is 4. The molecule has 1 aliphatic heterocycles. The molecule has 0 amide bonds. The third-order valence-electron chi connectivity index (χ3n) is 3.02. The van der Waals surface area contributed by atoms with Gasteiger partial charge < -0.3 is 10.1 Å². The standard InChI is InChI=1S/C17H15N2O/c1-2-6-14(7-3-1)12-20-17-9-5-4-8-15(17)16-10-11-18-13-19-16/h1-11,13H,12H2,(H,18,19). The van der Waals surface area contributed by atoms with Crippen LogP contribution in [0.3, 0.4) is 0 Å². The van der Waals surface area contributed by atoms with E-state index in [2.05, 4.69) is 22.4 Å². The third kappa shape index (κ3) is 2.88. The first-order chi connectivity index (χ1) is 9.93. The van der Waals surface area contributed by atoms with Gasteiger partial charge in [-0.3, -0.25) is 0 Å². The molecule has 0 saturated heterocycles. The maximum Gasteiger partial charge on any atom is 0.129 e. The summed E-state index contributed by atoms with van der Waals surface area (Å²) in [6.07, 6.45) is 3.61. The zero-order valence-electron chi connectivity index (χ0n) is 11.0. The molecule has 0 unspecified atom stereocenters. The molecule has 2 aromatic carbocycles. The van der Waals surface area contributed by atoms with E-state index < -0.39 is 0 Å². The number of aliphatic imine (C=N–C) groups is 1. The summed E-state index contributed by atoms with van der Waals surface area (Å²) in [5.41, 5.74) is 3.04. The van der Waals surface area contributed by atoms with Gasteiger partial charge in [-0.1, -0.05) is 42.5 Å². The minimum atomic E-state index is 0.552. The molecule has 1 aliphatic rings. The Morgan fingerprint density at radius 2 is 1.75 bits per heavy atom. The van der Waals surface area contributed by atoms with E-state index in [1.807, 2.05) is 55.1 Å². The Balaban J connectivity index is 1.80. The second kappa shape index (κ2) is 6.06. The molecule has 99 valence electrons. The fourth-order valence-electron chi connectivity index (χ4n) is 2.02. The van der Waals surface area contributed by atoms with Crippen LogP contribution >= 0.6 is 0 Å². The van der Waals surface area contributed by atoms with Crippen LogP contribution in [-0.2, 0) is 6.61 Å². The number of ether oxygens (including phenoxy) is 1. The first kappa shape index (κ1) is 12.5. The van der Waals surface area contributed by atoms with Crippen LogP contribution in [0, 0.1) is 6.54 Å². The van der Waals surface area contributed by atoms with Gasteiger partial charge in [0.25, 0.3) is 0 Å². The molecule has 0 spiro atoms. The SMILES string of the molecule is [CH]1C=C(c2ccccc2OCc2ccccc2)N=CN1. The van der Waals surface area contributed by atoms with Gasteiger partial charge in [0, 0.05) is 5.56 Å². The average molecular weight is 263 g/mol. The number of nitrogens with zero attached hydrogens (tertiary/aromatic N) is 1. The largest absolute Gasteiger partial charge is 0.488 e. The molecule has 1 heterocycles. The lowest BCUT2D eigenvalue weighted by Crippen LogP contribution is -2.09. The van der Waals surface area contributed by atoms with Gasteiger partial charge in [0.15, 0.2) is 0 Å². The summed E-state index contributed by atoms with van der Waals surface area (Å²) < 4.78 is 5.93. The van der Waals surface area contributed by atoms with E-state index in [-0.39, 0.29) is 0 Å². The van der Waals surface area contributed by atoms with Crippen molar-refractivity contribution in [2.45, 2.75) is 6.61 Å². The van der Waals surface area contributed by atoms with Crippen molar-refractivity contribution in [2.24, 2.45) is 4.99 Å². The highest BCUT2D eigenvalue weighted by Gasteiger charge is 2.09.